The molecule has 0 saturated heterocycles. The van der Waals surface area contributed by atoms with Crippen molar-refractivity contribution in [2.45, 2.75) is 20.4 Å². The predicted molar refractivity (Wildman–Crippen MR) is 60.4 cm³/mol. The van der Waals surface area contributed by atoms with E-state index in [9.17, 15) is 4.79 Å². The van der Waals surface area contributed by atoms with Gasteiger partial charge in [0.15, 0.2) is 0 Å². The molecule has 0 bridgehead atoms. The van der Waals surface area contributed by atoms with Crippen molar-refractivity contribution in [3.05, 3.63) is 27.7 Å². The van der Waals surface area contributed by atoms with Crippen LogP contribution >= 0.6 is 11.5 Å². The molecule has 2 aromatic rings. The summed E-state index contributed by atoms with van der Waals surface area (Å²) in [4.78, 5) is 16.9. The van der Waals surface area contributed by atoms with Crippen LogP contribution in [0.2, 0.25) is 0 Å². The van der Waals surface area contributed by atoms with E-state index in [1.165, 1.54) is 11.5 Å². The van der Waals surface area contributed by atoms with Gasteiger partial charge in [0.2, 0.25) is 0 Å². The average molecular weight is 224 g/mol. The van der Waals surface area contributed by atoms with Crippen LogP contribution in [0.15, 0.2) is 10.9 Å². The molecule has 0 radical (unpaired) electrons. The fourth-order valence-corrected chi connectivity index (χ4v) is 2.72. The topological polar surface area (TPSA) is 55.1 Å². The van der Waals surface area contributed by atoms with Gasteiger partial charge in [0.05, 0.1) is 18.5 Å². The molecule has 0 amide bonds. The molecule has 15 heavy (non-hydrogen) atoms. The van der Waals surface area contributed by atoms with E-state index in [0.717, 1.165) is 16.1 Å². The second-order valence-corrected chi connectivity index (χ2v) is 4.49. The normalized spacial score (nSPS) is 11.1. The van der Waals surface area contributed by atoms with Gasteiger partial charge < -0.3 is 5.11 Å². The van der Waals surface area contributed by atoms with Crippen molar-refractivity contribution in [2.24, 2.45) is 0 Å². The zero-order chi connectivity index (χ0) is 11.0. The minimum absolute atomic E-state index is 0.0231. The molecule has 0 aromatic carbocycles. The Labute approximate surface area is 91.0 Å². The SMILES string of the molecule is Cc1cc(C)c2c(=O)n(CCO)sc2n1. The maximum Gasteiger partial charge on any atom is 0.270 e. The third-order valence-electron chi connectivity index (χ3n) is 2.25. The predicted octanol–water partition coefficient (Wildman–Crippen LogP) is 1.07. The number of nitrogens with zero attached hydrogens (tertiary/aromatic N) is 2. The van der Waals surface area contributed by atoms with Gasteiger partial charge in [0, 0.05) is 5.69 Å². The van der Waals surface area contributed by atoms with E-state index < -0.39 is 0 Å². The first-order valence-electron chi connectivity index (χ1n) is 4.72. The van der Waals surface area contributed by atoms with Gasteiger partial charge in [-0.05, 0) is 37.0 Å². The van der Waals surface area contributed by atoms with Crippen LogP contribution in [0.25, 0.3) is 10.2 Å². The van der Waals surface area contributed by atoms with E-state index in [0.29, 0.717) is 11.9 Å². The van der Waals surface area contributed by atoms with Gasteiger partial charge >= 0.3 is 0 Å². The number of fused-ring (bicyclic) bond motifs is 1. The summed E-state index contributed by atoms with van der Waals surface area (Å²) in [6.07, 6.45) is 0. The lowest BCUT2D eigenvalue weighted by molar-refractivity contribution is 0.279. The van der Waals surface area contributed by atoms with E-state index >= 15 is 0 Å². The molecule has 4 nitrogen and oxygen atoms in total. The lowest BCUT2D eigenvalue weighted by Crippen LogP contribution is -2.15. The van der Waals surface area contributed by atoms with Crippen LogP contribution in [-0.2, 0) is 6.54 Å². The van der Waals surface area contributed by atoms with Crippen molar-refractivity contribution in [3.63, 3.8) is 0 Å². The van der Waals surface area contributed by atoms with Crippen LogP contribution in [0.1, 0.15) is 11.3 Å². The first-order chi connectivity index (χ1) is 7.13. The minimum atomic E-state index is -0.0472. The maximum absolute atomic E-state index is 11.9. The average Bonchev–Trinajstić information content (AvgIpc) is 2.43. The van der Waals surface area contributed by atoms with Gasteiger partial charge in [-0.25, -0.2) is 4.98 Å². The molecule has 5 heteroatoms. The van der Waals surface area contributed by atoms with E-state index in [-0.39, 0.29) is 12.2 Å². The largest absolute Gasteiger partial charge is 0.394 e. The minimum Gasteiger partial charge on any atom is -0.394 e. The first kappa shape index (κ1) is 10.3. The molecule has 0 atom stereocenters. The molecular weight excluding hydrogens is 212 g/mol. The van der Waals surface area contributed by atoms with Crippen LogP contribution in [0.4, 0.5) is 0 Å². The summed E-state index contributed by atoms with van der Waals surface area (Å²) >= 11 is 1.31. The molecule has 0 unspecified atom stereocenters. The summed E-state index contributed by atoms with van der Waals surface area (Å²) in [7, 11) is 0. The fraction of sp³-hybridized carbons (Fsp3) is 0.400. The molecule has 2 rings (SSSR count). The second-order valence-electron chi connectivity index (χ2n) is 3.48. The number of aromatic nitrogens is 2. The Bertz CT molecular complexity index is 556. The number of hydrogen-bond donors (Lipinski definition) is 1. The Morgan fingerprint density at radius 2 is 2.27 bits per heavy atom. The molecular formula is C10H12N2O2S. The van der Waals surface area contributed by atoms with Gasteiger partial charge in [0.1, 0.15) is 4.83 Å². The Hall–Kier alpha value is -1.20. The third-order valence-corrected chi connectivity index (χ3v) is 3.29. The monoisotopic (exact) mass is 224 g/mol. The summed E-state index contributed by atoms with van der Waals surface area (Å²) < 4.78 is 1.55. The quantitative estimate of drug-likeness (QED) is 0.830. The second kappa shape index (κ2) is 3.75. The molecule has 0 spiro atoms. The highest BCUT2D eigenvalue weighted by molar-refractivity contribution is 7.13. The Kier molecular flexibility index (Phi) is 2.58. The standard InChI is InChI=1S/C10H12N2O2S/c1-6-5-7(2)11-9-8(6)10(14)12(15-9)3-4-13/h5,13H,3-4H2,1-2H3. The molecule has 0 fully saturated rings. The summed E-state index contributed by atoms with van der Waals surface area (Å²) in [5.41, 5.74) is 1.82. The van der Waals surface area contributed by atoms with Crippen LogP contribution in [0.5, 0.6) is 0 Å². The third kappa shape index (κ3) is 1.68. The highest BCUT2D eigenvalue weighted by Gasteiger charge is 2.11. The van der Waals surface area contributed by atoms with Crippen molar-refractivity contribution in [1.82, 2.24) is 8.94 Å². The summed E-state index contributed by atoms with van der Waals surface area (Å²) in [5.74, 6) is 0. The van der Waals surface area contributed by atoms with E-state index in [1.54, 1.807) is 3.96 Å². The van der Waals surface area contributed by atoms with Crippen LogP contribution in [0.3, 0.4) is 0 Å². The van der Waals surface area contributed by atoms with E-state index in [2.05, 4.69) is 4.98 Å². The highest BCUT2D eigenvalue weighted by atomic mass is 32.1. The van der Waals surface area contributed by atoms with E-state index in [4.69, 9.17) is 5.11 Å². The lowest BCUT2D eigenvalue weighted by Gasteiger charge is -1.94. The summed E-state index contributed by atoms with van der Waals surface area (Å²) in [6, 6.07) is 1.90. The Balaban J connectivity index is 2.76. The molecule has 0 aliphatic carbocycles. The smallest absolute Gasteiger partial charge is 0.270 e. The van der Waals surface area contributed by atoms with Crippen LogP contribution in [-0.4, -0.2) is 20.7 Å². The van der Waals surface area contributed by atoms with Gasteiger partial charge in [-0.2, -0.15) is 0 Å². The summed E-state index contributed by atoms with van der Waals surface area (Å²) in [6.45, 7) is 4.14. The lowest BCUT2D eigenvalue weighted by atomic mass is 10.2. The molecule has 0 saturated carbocycles. The van der Waals surface area contributed by atoms with Crippen molar-refractivity contribution in [2.75, 3.05) is 6.61 Å². The molecule has 0 aliphatic rings. The van der Waals surface area contributed by atoms with Crippen LogP contribution in [0, 0.1) is 13.8 Å². The van der Waals surface area contributed by atoms with Crippen LogP contribution < -0.4 is 5.56 Å². The molecule has 2 aromatic heterocycles. The zero-order valence-corrected chi connectivity index (χ0v) is 9.47. The van der Waals surface area contributed by atoms with Crippen molar-refractivity contribution in [1.29, 1.82) is 0 Å². The number of aliphatic hydroxyl groups is 1. The Morgan fingerprint density at radius 1 is 1.53 bits per heavy atom. The van der Waals surface area contributed by atoms with Crippen molar-refractivity contribution in [3.8, 4) is 0 Å². The highest BCUT2D eigenvalue weighted by Crippen LogP contribution is 2.18. The summed E-state index contributed by atoms with van der Waals surface area (Å²) in [5, 5.41) is 9.50. The number of rotatable bonds is 2. The molecule has 0 aliphatic heterocycles. The van der Waals surface area contributed by atoms with Gasteiger partial charge in [-0.3, -0.25) is 8.75 Å². The molecule has 1 N–H and O–H groups in total. The molecule has 2 heterocycles. The molecule has 80 valence electrons. The van der Waals surface area contributed by atoms with Crippen molar-refractivity contribution < 1.29 is 5.11 Å². The van der Waals surface area contributed by atoms with E-state index in [1.807, 2.05) is 19.9 Å². The number of aryl methyl sites for hydroxylation is 2. The van der Waals surface area contributed by atoms with Gasteiger partial charge in [0.25, 0.3) is 5.56 Å². The van der Waals surface area contributed by atoms with Gasteiger partial charge in [-0.15, -0.1) is 0 Å². The zero-order valence-electron chi connectivity index (χ0n) is 8.65. The number of pyridine rings is 1. The fourth-order valence-electron chi connectivity index (χ4n) is 1.64. The maximum atomic E-state index is 11.9. The number of hydrogen-bond acceptors (Lipinski definition) is 4. The number of aliphatic hydroxyl groups excluding tert-OH is 1. The van der Waals surface area contributed by atoms with Gasteiger partial charge in [-0.1, -0.05) is 0 Å². The van der Waals surface area contributed by atoms with Crippen molar-refractivity contribution >= 4 is 21.7 Å². The first-order valence-corrected chi connectivity index (χ1v) is 5.49. The Morgan fingerprint density at radius 3 is 2.93 bits per heavy atom.